The van der Waals surface area contributed by atoms with E-state index in [4.69, 9.17) is 4.74 Å². The van der Waals surface area contributed by atoms with Crippen LogP contribution in [0.5, 0.6) is 0 Å². The quantitative estimate of drug-likeness (QED) is 0.600. The standard InChI is InChI=1S/C22H21NO2S/c1-2-25-22(24)20-14-17-12-13-23(15-16-8-4-3-5-9-16)19-11-7-6-10-18(19)21(17)26-20/h3-11,14H,2,12-13,15H2,1H3. The van der Waals surface area contributed by atoms with Crippen molar-refractivity contribution in [2.45, 2.75) is 19.9 Å². The van der Waals surface area contributed by atoms with Crippen LogP contribution in [0, 0.1) is 0 Å². The van der Waals surface area contributed by atoms with Crippen molar-refractivity contribution in [3.05, 3.63) is 76.7 Å². The Morgan fingerprint density at radius 2 is 1.88 bits per heavy atom. The Balaban J connectivity index is 1.71. The van der Waals surface area contributed by atoms with Crippen LogP contribution in [0.4, 0.5) is 5.69 Å². The summed E-state index contributed by atoms with van der Waals surface area (Å²) in [5, 5.41) is 0. The molecule has 2 aromatic carbocycles. The van der Waals surface area contributed by atoms with Gasteiger partial charge in [0.1, 0.15) is 4.88 Å². The van der Waals surface area contributed by atoms with E-state index in [-0.39, 0.29) is 5.97 Å². The second-order valence-electron chi connectivity index (χ2n) is 6.36. The van der Waals surface area contributed by atoms with E-state index < -0.39 is 0 Å². The van der Waals surface area contributed by atoms with E-state index in [2.05, 4.69) is 53.4 Å². The third-order valence-corrected chi connectivity index (χ3v) is 5.83. The van der Waals surface area contributed by atoms with Crippen LogP contribution in [0.25, 0.3) is 10.4 Å². The lowest BCUT2D eigenvalue weighted by molar-refractivity contribution is 0.0532. The number of ether oxygens (including phenoxy) is 1. The fraction of sp³-hybridized carbons (Fsp3) is 0.227. The van der Waals surface area contributed by atoms with Crippen molar-refractivity contribution in [2.24, 2.45) is 0 Å². The maximum atomic E-state index is 12.1. The summed E-state index contributed by atoms with van der Waals surface area (Å²) in [6.07, 6.45) is 0.923. The summed E-state index contributed by atoms with van der Waals surface area (Å²) in [6.45, 7) is 4.06. The third-order valence-electron chi connectivity index (χ3n) is 4.64. The summed E-state index contributed by atoms with van der Waals surface area (Å²) in [5.74, 6) is -0.218. The van der Waals surface area contributed by atoms with E-state index in [1.807, 2.05) is 19.1 Å². The minimum atomic E-state index is -0.218. The smallest absolute Gasteiger partial charge is 0.348 e. The lowest BCUT2D eigenvalue weighted by Crippen LogP contribution is -2.24. The molecule has 1 aromatic heterocycles. The van der Waals surface area contributed by atoms with Gasteiger partial charge in [-0.25, -0.2) is 4.79 Å². The summed E-state index contributed by atoms with van der Waals surface area (Å²) < 4.78 is 5.19. The first-order valence-electron chi connectivity index (χ1n) is 8.94. The minimum Gasteiger partial charge on any atom is -0.462 e. The maximum absolute atomic E-state index is 12.1. The van der Waals surface area contributed by atoms with Crippen LogP contribution in [-0.4, -0.2) is 19.1 Å². The van der Waals surface area contributed by atoms with Crippen LogP contribution in [0.15, 0.2) is 60.7 Å². The van der Waals surface area contributed by atoms with Crippen LogP contribution >= 0.6 is 11.3 Å². The number of nitrogens with zero attached hydrogens (tertiary/aromatic N) is 1. The molecule has 4 rings (SSSR count). The lowest BCUT2D eigenvalue weighted by atomic mass is 10.1. The molecule has 3 aromatic rings. The molecule has 0 radical (unpaired) electrons. The van der Waals surface area contributed by atoms with Gasteiger partial charge in [0.05, 0.1) is 6.61 Å². The van der Waals surface area contributed by atoms with E-state index in [9.17, 15) is 4.79 Å². The number of thiophene rings is 1. The van der Waals surface area contributed by atoms with Gasteiger partial charge in [-0.2, -0.15) is 0 Å². The summed E-state index contributed by atoms with van der Waals surface area (Å²) in [4.78, 5) is 16.5. The molecule has 0 unspecified atom stereocenters. The zero-order chi connectivity index (χ0) is 17.9. The van der Waals surface area contributed by atoms with Gasteiger partial charge < -0.3 is 9.64 Å². The molecule has 2 heterocycles. The molecular formula is C22H21NO2S. The molecular weight excluding hydrogens is 342 g/mol. The van der Waals surface area contributed by atoms with Crippen LogP contribution < -0.4 is 4.90 Å². The van der Waals surface area contributed by atoms with E-state index >= 15 is 0 Å². The second-order valence-corrected chi connectivity index (χ2v) is 7.41. The first kappa shape index (κ1) is 16.9. The highest BCUT2D eigenvalue weighted by Gasteiger charge is 2.24. The largest absolute Gasteiger partial charge is 0.462 e. The molecule has 0 saturated heterocycles. The molecule has 1 aliphatic rings. The summed E-state index contributed by atoms with van der Waals surface area (Å²) in [7, 11) is 0. The normalized spacial score (nSPS) is 12.9. The van der Waals surface area contributed by atoms with Crippen LogP contribution in [-0.2, 0) is 17.7 Å². The van der Waals surface area contributed by atoms with Crippen LogP contribution in [0.2, 0.25) is 0 Å². The Bertz CT molecular complexity index is 917. The topological polar surface area (TPSA) is 29.5 Å². The number of fused-ring (bicyclic) bond motifs is 3. The summed E-state index contributed by atoms with van der Waals surface area (Å²) in [5.41, 5.74) is 4.98. The molecule has 132 valence electrons. The van der Waals surface area contributed by atoms with E-state index in [0.717, 1.165) is 19.5 Å². The van der Waals surface area contributed by atoms with E-state index in [1.54, 1.807) is 11.3 Å². The zero-order valence-electron chi connectivity index (χ0n) is 14.8. The monoisotopic (exact) mass is 363 g/mol. The van der Waals surface area contributed by atoms with Crippen molar-refractivity contribution in [1.29, 1.82) is 0 Å². The average Bonchev–Trinajstić information content (AvgIpc) is 3.05. The number of rotatable bonds is 4. The fourth-order valence-corrected chi connectivity index (χ4v) is 4.57. The van der Waals surface area contributed by atoms with Crippen molar-refractivity contribution in [3.63, 3.8) is 0 Å². The number of para-hydroxylation sites is 1. The van der Waals surface area contributed by atoms with Crippen LogP contribution in [0.3, 0.4) is 0 Å². The third kappa shape index (κ3) is 3.25. The summed E-state index contributed by atoms with van der Waals surface area (Å²) in [6, 6.07) is 21.1. The average molecular weight is 363 g/mol. The van der Waals surface area contributed by atoms with Gasteiger partial charge >= 0.3 is 5.97 Å². The number of anilines is 1. The Morgan fingerprint density at radius 3 is 2.69 bits per heavy atom. The first-order chi connectivity index (χ1) is 12.8. The number of carbonyl (C=O) groups excluding carboxylic acids is 1. The maximum Gasteiger partial charge on any atom is 0.348 e. The fourth-order valence-electron chi connectivity index (χ4n) is 3.43. The number of hydrogen-bond acceptors (Lipinski definition) is 4. The van der Waals surface area contributed by atoms with Crippen molar-refractivity contribution in [1.82, 2.24) is 0 Å². The van der Waals surface area contributed by atoms with Crippen molar-refractivity contribution in [2.75, 3.05) is 18.1 Å². The lowest BCUT2D eigenvalue weighted by Gasteiger charge is -2.25. The Morgan fingerprint density at radius 1 is 1.12 bits per heavy atom. The molecule has 0 bridgehead atoms. The molecule has 0 fully saturated rings. The van der Waals surface area contributed by atoms with Crippen molar-refractivity contribution in [3.8, 4) is 10.4 Å². The molecule has 4 heteroatoms. The molecule has 0 amide bonds. The first-order valence-corrected chi connectivity index (χ1v) is 9.76. The van der Waals surface area contributed by atoms with E-state index in [0.29, 0.717) is 11.5 Å². The Kier molecular flexibility index (Phi) is 4.76. The van der Waals surface area contributed by atoms with Gasteiger partial charge in [-0.3, -0.25) is 0 Å². The highest BCUT2D eigenvalue weighted by atomic mass is 32.1. The molecule has 1 aliphatic heterocycles. The molecule has 0 saturated carbocycles. The van der Waals surface area contributed by atoms with E-state index in [1.165, 1.54) is 27.3 Å². The van der Waals surface area contributed by atoms with Crippen LogP contribution in [0.1, 0.15) is 27.7 Å². The van der Waals surface area contributed by atoms with Gasteiger partial charge in [0.2, 0.25) is 0 Å². The van der Waals surface area contributed by atoms with Gasteiger partial charge in [0.25, 0.3) is 0 Å². The van der Waals surface area contributed by atoms with Gasteiger partial charge in [0.15, 0.2) is 0 Å². The molecule has 26 heavy (non-hydrogen) atoms. The molecule has 3 nitrogen and oxygen atoms in total. The van der Waals surface area contributed by atoms with Crippen molar-refractivity contribution >= 4 is 23.0 Å². The SMILES string of the molecule is CCOC(=O)c1cc2c(s1)-c1ccccc1N(Cc1ccccc1)CC2. The molecule has 0 atom stereocenters. The van der Waals surface area contributed by atoms with Gasteiger partial charge in [-0.05, 0) is 36.6 Å². The Hall–Kier alpha value is -2.59. The van der Waals surface area contributed by atoms with Gasteiger partial charge in [-0.15, -0.1) is 11.3 Å². The zero-order valence-corrected chi connectivity index (χ0v) is 15.6. The number of carbonyl (C=O) groups is 1. The van der Waals surface area contributed by atoms with Gasteiger partial charge in [-0.1, -0.05) is 48.5 Å². The molecule has 0 spiro atoms. The van der Waals surface area contributed by atoms with Gasteiger partial charge in [0, 0.05) is 29.2 Å². The number of hydrogen-bond donors (Lipinski definition) is 0. The molecule has 0 aliphatic carbocycles. The Labute approximate surface area is 157 Å². The number of benzene rings is 2. The molecule has 0 N–H and O–H groups in total. The highest BCUT2D eigenvalue weighted by Crippen LogP contribution is 2.41. The van der Waals surface area contributed by atoms with Crippen molar-refractivity contribution < 1.29 is 9.53 Å². The summed E-state index contributed by atoms with van der Waals surface area (Å²) >= 11 is 1.55. The predicted octanol–water partition coefficient (Wildman–Crippen LogP) is 5.15. The predicted molar refractivity (Wildman–Crippen MR) is 107 cm³/mol. The minimum absolute atomic E-state index is 0.218. The highest BCUT2D eigenvalue weighted by molar-refractivity contribution is 7.17. The number of esters is 1. The second kappa shape index (κ2) is 7.34.